The maximum Gasteiger partial charge on any atom is 0.0894 e. The molecular weight excluding hydrogens is 266 g/mol. The Morgan fingerprint density at radius 2 is 0.381 bits per heavy atom. The molecule has 0 nitrogen and oxygen atoms in total. The van der Waals surface area contributed by atoms with Crippen LogP contribution in [0.4, 0.5) is 8.78 Å². The maximum absolute atomic E-state index is 11.9. The fraction of sp³-hybridized carbons (Fsp3) is 1.00. The molecular formula is C19H38F2. The first-order valence-electron chi connectivity index (χ1n) is 9.53. The summed E-state index contributed by atoms with van der Waals surface area (Å²) >= 11 is 0. The van der Waals surface area contributed by atoms with E-state index in [0.717, 1.165) is 25.7 Å². The van der Waals surface area contributed by atoms with Gasteiger partial charge in [-0.3, -0.25) is 8.78 Å². The lowest BCUT2D eigenvalue weighted by Crippen LogP contribution is -1.84. The first-order valence-corrected chi connectivity index (χ1v) is 9.53. The first-order chi connectivity index (χ1) is 10.4. The number of rotatable bonds is 18. The standard InChI is InChI=1S/C19H38F2/c20-18-16-14-12-10-8-6-4-2-1-3-5-7-9-11-13-15-17-19-21/h1-19H2. The van der Waals surface area contributed by atoms with E-state index in [1.54, 1.807) is 0 Å². The van der Waals surface area contributed by atoms with Crippen LogP contribution in [0.3, 0.4) is 0 Å². The van der Waals surface area contributed by atoms with Crippen molar-refractivity contribution in [3.63, 3.8) is 0 Å². The summed E-state index contributed by atoms with van der Waals surface area (Å²) in [5.41, 5.74) is 0. The molecule has 0 aliphatic carbocycles. The third kappa shape index (κ3) is 19.9. The van der Waals surface area contributed by atoms with Gasteiger partial charge in [0.2, 0.25) is 0 Å². The topological polar surface area (TPSA) is 0 Å². The molecule has 21 heavy (non-hydrogen) atoms. The molecule has 0 spiro atoms. The van der Waals surface area contributed by atoms with Gasteiger partial charge in [0.1, 0.15) is 0 Å². The van der Waals surface area contributed by atoms with Crippen LogP contribution < -0.4 is 0 Å². The summed E-state index contributed by atoms with van der Waals surface area (Å²) in [4.78, 5) is 0. The Hall–Kier alpha value is -0.140. The molecule has 2 heteroatoms. The van der Waals surface area contributed by atoms with Crippen LogP contribution in [0, 0.1) is 0 Å². The summed E-state index contributed by atoms with van der Waals surface area (Å²) in [5.74, 6) is 0. The first kappa shape index (κ1) is 20.9. The van der Waals surface area contributed by atoms with Crippen LogP contribution in [0.1, 0.15) is 109 Å². The minimum absolute atomic E-state index is 0.141. The van der Waals surface area contributed by atoms with Crippen LogP contribution in [-0.4, -0.2) is 13.3 Å². The molecule has 0 saturated heterocycles. The van der Waals surface area contributed by atoms with E-state index in [0.29, 0.717) is 0 Å². The number of halogens is 2. The Kier molecular flexibility index (Phi) is 19.7. The Morgan fingerprint density at radius 1 is 0.238 bits per heavy atom. The zero-order valence-corrected chi connectivity index (χ0v) is 14.2. The van der Waals surface area contributed by atoms with Crippen molar-refractivity contribution in [1.29, 1.82) is 0 Å². The predicted molar refractivity (Wildman–Crippen MR) is 90.4 cm³/mol. The van der Waals surface area contributed by atoms with E-state index in [-0.39, 0.29) is 13.3 Å². The molecule has 0 aromatic carbocycles. The average molecular weight is 305 g/mol. The summed E-state index contributed by atoms with van der Waals surface area (Å²) in [6.07, 6.45) is 21.0. The molecule has 0 saturated carbocycles. The SMILES string of the molecule is FCCCCCCCCCCCCCCCCCCCF. The van der Waals surface area contributed by atoms with Crippen LogP contribution in [0.2, 0.25) is 0 Å². The van der Waals surface area contributed by atoms with Crippen molar-refractivity contribution in [3.8, 4) is 0 Å². The van der Waals surface area contributed by atoms with Gasteiger partial charge >= 0.3 is 0 Å². The molecule has 0 rings (SSSR count). The van der Waals surface area contributed by atoms with Gasteiger partial charge in [0.25, 0.3) is 0 Å². The van der Waals surface area contributed by atoms with E-state index in [1.807, 2.05) is 0 Å². The van der Waals surface area contributed by atoms with Gasteiger partial charge in [0.15, 0.2) is 0 Å². The van der Waals surface area contributed by atoms with Crippen LogP contribution in [-0.2, 0) is 0 Å². The molecule has 0 unspecified atom stereocenters. The summed E-state index contributed by atoms with van der Waals surface area (Å²) in [6, 6.07) is 0. The molecule has 0 aromatic heterocycles. The number of unbranched alkanes of at least 4 members (excludes halogenated alkanes) is 16. The molecule has 0 amide bonds. The van der Waals surface area contributed by atoms with Gasteiger partial charge in [0.05, 0.1) is 13.3 Å². The Labute approximate surface area is 132 Å². The number of hydrogen-bond acceptors (Lipinski definition) is 0. The largest absolute Gasteiger partial charge is 0.251 e. The van der Waals surface area contributed by atoms with Gasteiger partial charge in [-0.1, -0.05) is 96.3 Å². The third-order valence-electron chi connectivity index (χ3n) is 4.27. The monoisotopic (exact) mass is 304 g/mol. The molecule has 0 aromatic rings. The van der Waals surface area contributed by atoms with E-state index in [1.165, 1.54) is 83.5 Å². The second-order valence-corrected chi connectivity index (χ2v) is 6.39. The normalized spacial score (nSPS) is 11.1. The second kappa shape index (κ2) is 19.9. The van der Waals surface area contributed by atoms with Crippen LogP contribution >= 0.6 is 0 Å². The predicted octanol–water partition coefficient (Wildman–Crippen LogP) is 7.56. The summed E-state index contributed by atoms with van der Waals surface area (Å²) in [6.45, 7) is -0.283. The zero-order valence-electron chi connectivity index (χ0n) is 14.2. The molecule has 0 aliphatic rings. The van der Waals surface area contributed by atoms with E-state index in [9.17, 15) is 8.78 Å². The molecule has 0 aliphatic heterocycles. The van der Waals surface area contributed by atoms with Crippen molar-refractivity contribution in [1.82, 2.24) is 0 Å². The van der Waals surface area contributed by atoms with Crippen molar-refractivity contribution in [2.24, 2.45) is 0 Å². The van der Waals surface area contributed by atoms with E-state index in [2.05, 4.69) is 0 Å². The van der Waals surface area contributed by atoms with Crippen molar-refractivity contribution >= 4 is 0 Å². The molecule has 128 valence electrons. The highest BCUT2D eigenvalue weighted by atomic mass is 19.1. The molecule has 0 heterocycles. The van der Waals surface area contributed by atoms with E-state index in [4.69, 9.17) is 0 Å². The second-order valence-electron chi connectivity index (χ2n) is 6.39. The quantitative estimate of drug-likeness (QED) is 0.229. The van der Waals surface area contributed by atoms with Gasteiger partial charge in [-0.15, -0.1) is 0 Å². The molecule has 0 bridgehead atoms. The summed E-state index contributed by atoms with van der Waals surface area (Å²) in [7, 11) is 0. The molecule has 0 fully saturated rings. The van der Waals surface area contributed by atoms with E-state index < -0.39 is 0 Å². The number of hydrogen-bond donors (Lipinski definition) is 0. The van der Waals surface area contributed by atoms with Gasteiger partial charge in [0, 0.05) is 0 Å². The average Bonchev–Trinajstić information content (AvgIpc) is 2.50. The van der Waals surface area contributed by atoms with Crippen LogP contribution in [0.25, 0.3) is 0 Å². The van der Waals surface area contributed by atoms with Crippen molar-refractivity contribution in [2.45, 2.75) is 109 Å². The lowest BCUT2D eigenvalue weighted by molar-refractivity contribution is 0.447. The fourth-order valence-electron chi connectivity index (χ4n) is 2.84. The molecule has 0 N–H and O–H groups in total. The molecule has 0 radical (unpaired) electrons. The van der Waals surface area contributed by atoms with Crippen molar-refractivity contribution in [2.75, 3.05) is 13.3 Å². The zero-order chi connectivity index (χ0) is 15.4. The van der Waals surface area contributed by atoms with Gasteiger partial charge < -0.3 is 0 Å². The van der Waals surface area contributed by atoms with Gasteiger partial charge in [-0.25, -0.2) is 0 Å². The Balaban J connectivity index is 2.90. The van der Waals surface area contributed by atoms with Gasteiger partial charge in [-0.2, -0.15) is 0 Å². The Morgan fingerprint density at radius 3 is 0.524 bits per heavy atom. The highest BCUT2D eigenvalue weighted by molar-refractivity contribution is 4.50. The summed E-state index contributed by atoms with van der Waals surface area (Å²) < 4.78 is 23.8. The minimum atomic E-state index is -0.141. The number of alkyl halides is 2. The lowest BCUT2D eigenvalue weighted by atomic mass is 10.0. The fourth-order valence-corrected chi connectivity index (χ4v) is 2.84. The summed E-state index contributed by atoms with van der Waals surface area (Å²) in [5, 5.41) is 0. The van der Waals surface area contributed by atoms with Crippen molar-refractivity contribution < 1.29 is 8.78 Å². The van der Waals surface area contributed by atoms with Crippen molar-refractivity contribution in [3.05, 3.63) is 0 Å². The maximum atomic E-state index is 11.9. The van der Waals surface area contributed by atoms with Gasteiger partial charge in [-0.05, 0) is 12.8 Å². The Bertz CT molecular complexity index is 153. The highest BCUT2D eigenvalue weighted by Gasteiger charge is 1.94. The third-order valence-corrected chi connectivity index (χ3v) is 4.27. The van der Waals surface area contributed by atoms with Crippen LogP contribution in [0.15, 0.2) is 0 Å². The van der Waals surface area contributed by atoms with E-state index >= 15 is 0 Å². The minimum Gasteiger partial charge on any atom is -0.251 e. The van der Waals surface area contributed by atoms with Crippen LogP contribution in [0.5, 0.6) is 0 Å². The molecule has 0 atom stereocenters. The lowest BCUT2D eigenvalue weighted by Gasteiger charge is -2.03. The highest BCUT2D eigenvalue weighted by Crippen LogP contribution is 2.14. The smallest absolute Gasteiger partial charge is 0.0894 e.